The normalized spacial score (nSPS) is 29.0. The molecule has 0 aliphatic heterocycles. The van der Waals surface area contributed by atoms with Crippen LogP contribution in [0.5, 0.6) is 0 Å². The Morgan fingerprint density at radius 3 is 2.44 bits per heavy atom. The predicted molar refractivity (Wildman–Crippen MR) is 58.8 cm³/mol. The van der Waals surface area contributed by atoms with Crippen molar-refractivity contribution in [1.29, 1.82) is 0 Å². The van der Waals surface area contributed by atoms with Crippen molar-refractivity contribution in [3.05, 3.63) is 0 Å². The van der Waals surface area contributed by atoms with E-state index in [0.29, 0.717) is 13.0 Å². The average molecular weight is 225 g/mol. The summed E-state index contributed by atoms with van der Waals surface area (Å²) in [5.41, 5.74) is 0. The van der Waals surface area contributed by atoms with E-state index >= 15 is 0 Å². The lowest BCUT2D eigenvalue weighted by Crippen LogP contribution is -2.28. The van der Waals surface area contributed by atoms with E-state index in [1.807, 2.05) is 0 Å². The molecule has 2 saturated carbocycles. The number of nitrogens with one attached hydrogen (secondary N) is 1. The van der Waals surface area contributed by atoms with Gasteiger partial charge in [0.2, 0.25) is 5.91 Å². The molecular weight excluding hydrogens is 206 g/mol. The SMILES string of the molecule is O=C(O)C1CC1C(=O)NCCC1CCCC1. The highest BCUT2D eigenvalue weighted by molar-refractivity contribution is 5.89. The van der Waals surface area contributed by atoms with Crippen molar-refractivity contribution >= 4 is 11.9 Å². The Kier molecular flexibility index (Phi) is 3.46. The molecule has 4 heteroatoms. The van der Waals surface area contributed by atoms with Crippen molar-refractivity contribution < 1.29 is 14.7 Å². The number of rotatable bonds is 5. The van der Waals surface area contributed by atoms with Gasteiger partial charge in [0.1, 0.15) is 0 Å². The molecule has 16 heavy (non-hydrogen) atoms. The molecule has 2 aliphatic rings. The van der Waals surface area contributed by atoms with Crippen LogP contribution < -0.4 is 5.32 Å². The standard InChI is InChI=1S/C12H19NO3/c14-11(9-7-10(9)12(15)16)13-6-5-8-3-1-2-4-8/h8-10H,1-7H2,(H,13,14)(H,15,16). The van der Waals surface area contributed by atoms with Crippen LogP contribution in [-0.4, -0.2) is 23.5 Å². The summed E-state index contributed by atoms with van der Waals surface area (Å²) in [5.74, 6) is -0.816. The Bertz CT molecular complexity index is 284. The Hall–Kier alpha value is -1.06. The molecule has 0 saturated heterocycles. The van der Waals surface area contributed by atoms with Gasteiger partial charge in [-0.3, -0.25) is 9.59 Å². The van der Waals surface area contributed by atoms with E-state index < -0.39 is 11.9 Å². The van der Waals surface area contributed by atoms with Gasteiger partial charge in [-0.25, -0.2) is 0 Å². The minimum atomic E-state index is -0.837. The molecule has 2 atom stereocenters. The van der Waals surface area contributed by atoms with Crippen molar-refractivity contribution in [3.63, 3.8) is 0 Å². The lowest BCUT2D eigenvalue weighted by molar-refractivity contribution is -0.140. The van der Waals surface area contributed by atoms with Crippen LogP contribution >= 0.6 is 0 Å². The Labute approximate surface area is 95.4 Å². The lowest BCUT2D eigenvalue weighted by atomic mass is 10.0. The van der Waals surface area contributed by atoms with Crippen LogP contribution in [0.4, 0.5) is 0 Å². The third-order valence-electron chi connectivity index (χ3n) is 3.77. The van der Waals surface area contributed by atoms with Crippen LogP contribution in [0.1, 0.15) is 38.5 Å². The van der Waals surface area contributed by atoms with Gasteiger partial charge in [-0.1, -0.05) is 25.7 Å². The molecule has 0 aromatic carbocycles. The summed E-state index contributed by atoms with van der Waals surface area (Å²) in [5, 5.41) is 11.5. The highest BCUT2D eigenvalue weighted by Gasteiger charge is 2.48. The molecule has 2 unspecified atom stereocenters. The van der Waals surface area contributed by atoms with Crippen molar-refractivity contribution in [2.45, 2.75) is 38.5 Å². The summed E-state index contributed by atoms with van der Waals surface area (Å²) in [7, 11) is 0. The van der Waals surface area contributed by atoms with Gasteiger partial charge in [0.15, 0.2) is 0 Å². The van der Waals surface area contributed by atoms with Crippen LogP contribution in [0.25, 0.3) is 0 Å². The number of carbonyl (C=O) groups excluding carboxylic acids is 1. The summed E-state index contributed by atoms with van der Waals surface area (Å²) < 4.78 is 0. The topological polar surface area (TPSA) is 66.4 Å². The van der Waals surface area contributed by atoms with E-state index in [1.54, 1.807) is 0 Å². The minimum absolute atomic E-state index is 0.0644. The van der Waals surface area contributed by atoms with Crippen LogP contribution in [0.15, 0.2) is 0 Å². The quantitative estimate of drug-likeness (QED) is 0.743. The number of carbonyl (C=O) groups is 2. The second-order valence-corrected chi connectivity index (χ2v) is 5.02. The zero-order valence-corrected chi connectivity index (χ0v) is 9.45. The maximum absolute atomic E-state index is 11.5. The van der Waals surface area contributed by atoms with E-state index in [1.165, 1.54) is 25.7 Å². The van der Waals surface area contributed by atoms with E-state index in [9.17, 15) is 9.59 Å². The molecule has 1 amide bonds. The van der Waals surface area contributed by atoms with E-state index in [2.05, 4.69) is 5.32 Å². The lowest BCUT2D eigenvalue weighted by Gasteiger charge is -2.09. The van der Waals surface area contributed by atoms with Crippen molar-refractivity contribution in [2.24, 2.45) is 17.8 Å². The van der Waals surface area contributed by atoms with Gasteiger partial charge < -0.3 is 10.4 Å². The third kappa shape index (κ3) is 2.74. The number of hydrogen-bond donors (Lipinski definition) is 2. The number of aliphatic carboxylic acids is 1. The Morgan fingerprint density at radius 1 is 1.19 bits per heavy atom. The fourth-order valence-corrected chi connectivity index (χ4v) is 2.59. The Balaban J connectivity index is 1.60. The smallest absolute Gasteiger partial charge is 0.307 e. The van der Waals surface area contributed by atoms with Crippen LogP contribution in [-0.2, 0) is 9.59 Å². The van der Waals surface area contributed by atoms with Crippen molar-refractivity contribution in [2.75, 3.05) is 6.54 Å². The molecule has 0 heterocycles. The summed E-state index contributed by atoms with van der Waals surface area (Å²) in [4.78, 5) is 22.1. The largest absolute Gasteiger partial charge is 0.481 e. The molecule has 2 aliphatic carbocycles. The molecule has 0 aromatic rings. The fraction of sp³-hybridized carbons (Fsp3) is 0.833. The minimum Gasteiger partial charge on any atom is -0.481 e. The number of amides is 1. The summed E-state index contributed by atoms with van der Waals surface area (Å²) in [6.45, 7) is 0.715. The van der Waals surface area contributed by atoms with E-state index in [-0.39, 0.29) is 11.8 Å². The average Bonchev–Trinajstić information content (AvgIpc) is 2.90. The zero-order chi connectivity index (χ0) is 11.5. The second-order valence-electron chi connectivity index (χ2n) is 5.02. The molecule has 0 bridgehead atoms. The molecule has 2 rings (SSSR count). The molecule has 0 radical (unpaired) electrons. The first-order valence-corrected chi connectivity index (χ1v) is 6.19. The molecular formula is C12H19NO3. The predicted octanol–water partition coefficient (Wildman–Crippen LogP) is 1.40. The molecule has 2 fully saturated rings. The first kappa shape index (κ1) is 11.4. The zero-order valence-electron chi connectivity index (χ0n) is 9.45. The van der Waals surface area contributed by atoms with Gasteiger partial charge in [0.25, 0.3) is 0 Å². The monoisotopic (exact) mass is 225 g/mol. The van der Waals surface area contributed by atoms with E-state index in [0.717, 1.165) is 12.3 Å². The van der Waals surface area contributed by atoms with Gasteiger partial charge in [0.05, 0.1) is 11.8 Å². The van der Waals surface area contributed by atoms with Crippen molar-refractivity contribution in [3.8, 4) is 0 Å². The second kappa shape index (κ2) is 4.85. The summed E-state index contributed by atoms with van der Waals surface area (Å²) in [6, 6.07) is 0. The molecule has 2 N–H and O–H groups in total. The van der Waals surface area contributed by atoms with Crippen LogP contribution in [0.2, 0.25) is 0 Å². The summed E-state index contributed by atoms with van der Waals surface area (Å²) >= 11 is 0. The first-order chi connectivity index (χ1) is 7.68. The molecule has 0 spiro atoms. The highest BCUT2D eigenvalue weighted by atomic mass is 16.4. The number of carboxylic acids is 1. The highest BCUT2D eigenvalue weighted by Crippen LogP contribution is 2.38. The van der Waals surface area contributed by atoms with Crippen LogP contribution in [0, 0.1) is 17.8 Å². The van der Waals surface area contributed by atoms with Crippen LogP contribution in [0.3, 0.4) is 0 Å². The van der Waals surface area contributed by atoms with Crippen molar-refractivity contribution in [1.82, 2.24) is 5.32 Å². The molecule has 0 aromatic heterocycles. The molecule has 90 valence electrons. The number of carboxylic acid groups (broad SMARTS) is 1. The maximum atomic E-state index is 11.5. The van der Waals surface area contributed by atoms with E-state index in [4.69, 9.17) is 5.11 Å². The first-order valence-electron chi connectivity index (χ1n) is 6.19. The fourth-order valence-electron chi connectivity index (χ4n) is 2.59. The van der Waals surface area contributed by atoms with Gasteiger partial charge in [-0.05, 0) is 18.8 Å². The van der Waals surface area contributed by atoms with Gasteiger partial charge >= 0.3 is 5.97 Å². The van der Waals surface area contributed by atoms with Gasteiger partial charge in [-0.15, -0.1) is 0 Å². The summed E-state index contributed by atoms with van der Waals surface area (Å²) in [6.07, 6.45) is 6.79. The molecule has 4 nitrogen and oxygen atoms in total. The van der Waals surface area contributed by atoms with Gasteiger partial charge in [-0.2, -0.15) is 0 Å². The van der Waals surface area contributed by atoms with Gasteiger partial charge in [0, 0.05) is 6.54 Å². The number of hydrogen-bond acceptors (Lipinski definition) is 2. The third-order valence-corrected chi connectivity index (χ3v) is 3.77. The maximum Gasteiger partial charge on any atom is 0.307 e. The Morgan fingerprint density at radius 2 is 1.88 bits per heavy atom.